The topological polar surface area (TPSA) is 68.3 Å². The Balaban J connectivity index is 5.76. The van der Waals surface area contributed by atoms with Crippen LogP contribution in [0, 0.1) is 0 Å². The minimum atomic E-state index is -6.62. The maximum absolute atomic E-state index is 12.4. The molecular weight excluding hydrogens is 449 g/mol. The summed E-state index contributed by atoms with van der Waals surface area (Å²) in [5, 5.41) is 0. The van der Waals surface area contributed by atoms with Crippen LogP contribution in [0.5, 0.6) is 0 Å². The van der Waals surface area contributed by atoms with Crippen molar-refractivity contribution in [2.24, 2.45) is 0 Å². The highest BCUT2D eigenvalue weighted by molar-refractivity contribution is 8.09. The van der Waals surface area contributed by atoms with E-state index in [0.717, 1.165) is 0 Å². The molecule has 0 fully saturated rings. The maximum Gasteiger partial charge on any atom is 0.498 e. The van der Waals surface area contributed by atoms with Crippen molar-refractivity contribution in [2.45, 2.75) is 34.5 Å². The van der Waals surface area contributed by atoms with Crippen LogP contribution < -0.4 is 0 Å². The van der Waals surface area contributed by atoms with Crippen LogP contribution in [0.3, 0.4) is 0 Å². The summed E-state index contributed by atoms with van der Waals surface area (Å²) in [6, 6.07) is -3.97. The van der Waals surface area contributed by atoms with E-state index in [2.05, 4.69) is 0 Å². The average Bonchev–Trinajstić information content (AvgIpc) is 2.18. The summed E-state index contributed by atoms with van der Waals surface area (Å²) in [6.45, 7) is 0. The van der Waals surface area contributed by atoms with Gasteiger partial charge in [-0.15, -0.1) is 33.2 Å². The Bertz CT molecular complexity index is 549. The van der Waals surface area contributed by atoms with E-state index in [0.29, 0.717) is 0 Å². The Labute approximate surface area is 136 Å². The average molecular weight is 456 g/mol. The number of halogens is 9. The summed E-state index contributed by atoms with van der Waals surface area (Å²) < 4.78 is 115. The molecule has 22 heavy (non-hydrogen) atoms. The molecule has 0 saturated carbocycles. The van der Waals surface area contributed by atoms with Crippen molar-refractivity contribution in [1.29, 1.82) is 0 Å². The summed E-state index contributed by atoms with van der Waals surface area (Å²) in [4.78, 5) is 0. The Hall–Kier alpha value is 0.567. The molecule has 0 aromatic carbocycles. The van der Waals surface area contributed by atoms with Crippen molar-refractivity contribution in [1.82, 2.24) is 0 Å². The fraction of sp³-hybridized carbons (Fsp3) is 1.00. The second-order valence-electron chi connectivity index (χ2n) is 3.92. The van der Waals surface area contributed by atoms with Crippen molar-refractivity contribution in [3.8, 4) is 0 Å². The van der Waals surface area contributed by atoms with E-state index in [4.69, 9.17) is 33.2 Å². The number of alkyl halides is 6. The van der Waals surface area contributed by atoms with Crippen LogP contribution in [0.15, 0.2) is 0 Å². The zero-order valence-electron chi connectivity index (χ0n) is 10.0. The largest absolute Gasteiger partial charge is 0.498 e. The molecule has 16 heteroatoms. The molecule has 0 aliphatic heterocycles. The monoisotopic (exact) mass is 454 g/mol. The fourth-order valence-corrected chi connectivity index (χ4v) is 6.59. The third-order valence-electron chi connectivity index (χ3n) is 2.24. The summed E-state index contributed by atoms with van der Waals surface area (Å²) in [5.74, 6) is 0. The van der Waals surface area contributed by atoms with Gasteiger partial charge in [0.2, 0.25) is 0 Å². The summed E-state index contributed by atoms with van der Waals surface area (Å²) in [7, 11) is -13.2. The van der Waals surface area contributed by atoms with Crippen molar-refractivity contribution in [2.75, 3.05) is 0 Å². The zero-order chi connectivity index (χ0) is 18.2. The van der Waals surface area contributed by atoms with Gasteiger partial charge in [-0.1, -0.05) is 6.42 Å². The molecule has 0 spiro atoms. The molecule has 0 rings (SSSR count). The molecule has 0 bridgehead atoms. The predicted molar refractivity (Wildman–Crippen MR) is 71.1 cm³/mol. The molecule has 0 heterocycles. The van der Waals surface area contributed by atoms with Gasteiger partial charge in [0.25, 0.3) is 19.7 Å². The van der Waals surface area contributed by atoms with E-state index in [9.17, 15) is 43.2 Å². The van der Waals surface area contributed by atoms with Crippen molar-refractivity contribution < 1.29 is 43.2 Å². The Morgan fingerprint density at radius 1 is 0.818 bits per heavy atom. The molecule has 0 aliphatic carbocycles. The minimum absolute atomic E-state index is 0.505. The summed E-state index contributed by atoms with van der Waals surface area (Å²) >= 11 is 16.1. The highest BCUT2D eigenvalue weighted by Gasteiger charge is 2.62. The summed E-state index contributed by atoms with van der Waals surface area (Å²) in [6.07, 6.45) is -2.25. The van der Waals surface area contributed by atoms with Gasteiger partial charge in [0.15, 0.2) is 4.58 Å². The van der Waals surface area contributed by atoms with Crippen LogP contribution in [0.4, 0.5) is 26.3 Å². The molecule has 0 aromatic rings. The van der Waals surface area contributed by atoms with E-state index >= 15 is 0 Å². The lowest BCUT2D eigenvalue weighted by molar-refractivity contribution is -0.0472. The van der Waals surface area contributed by atoms with Gasteiger partial charge in [-0.2, -0.15) is 26.3 Å². The lowest BCUT2D eigenvalue weighted by Gasteiger charge is -2.21. The molecule has 0 saturated heterocycles. The van der Waals surface area contributed by atoms with Crippen molar-refractivity contribution in [3.05, 3.63) is 0 Å². The van der Waals surface area contributed by atoms with Crippen LogP contribution >= 0.6 is 33.2 Å². The molecule has 4 nitrogen and oxygen atoms in total. The standard InChI is InChI=1S/C6H7Cl3F6O4S2Si/c7-22(8,9)3-1-2-4(20(16,17)5(10,11)12)21(18,19)6(13,14)15/h4H,1-3H2. The molecule has 0 aliphatic rings. The molecule has 134 valence electrons. The first-order valence-electron chi connectivity index (χ1n) is 5.01. The van der Waals surface area contributed by atoms with Crippen molar-refractivity contribution >= 4 is 58.9 Å². The van der Waals surface area contributed by atoms with E-state index in [1.165, 1.54) is 0 Å². The van der Waals surface area contributed by atoms with Gasteiger partial charge in [-0.3, -0.25) is 0 Å². The van der Waals surface area contributed by atoms with E-state index in [1.807, 2.05) is 0 Å². The Morgan fingerprint density at radius 2 is 1.14 bits per heavy atom. The second kappa shape index (κ2) is 6.82. The van der Waals surface area contributed by atoms with Gasteiger partial charge in [-0.05, 0) is 12.5 Å². The summed E-state index contributed by atoms with van der Waals surface area (Å²) in [5.41, 5.74) is -12.3. The van der Waals surface area contributed by atoms with Crippen LogP contribution in [0.1, 0.15) is 12.8 Å². The molecular formula is C6H7Cl3F6O4S2Si. The lowest BCUT2D eigenvalue weighted by atomic mass is 10.4. The number of hydrogen-bond donors (Lipinski definition) is 0. The first-order chi connectivity index (χ1) is 9.34. The Kier molecular flexibility index (Phi) is 7.00. The van der Waals surface area contributed by atoms with Gasteiger partial charge >= 0.3 is 17.0 Å². The lowest BCUT2D eigenvalue weighted by Crippen LogP contribution is -2.44. The molecule has 0 N–H and O–H groups in total. The number of hydrogen-bond acceptors (Lipinski definition) is 4. The zero-order valence-corrected chi connectivity index (χ0v) is 15.0. The van der Waals surface area contributed by atoms with Gasteiger partial charge in [0, 0.05) is 0 Å². The number of rotatable bonds is 6. The van der Waals surface area contributed by atoms with Crippen LogP contribution in [0.2, 0.25) is 6.04 Å². The predicted octanol–water partition coefficient (Wildman–Crippen LogP) is 3.62. The maximum atomic E-state index is 12.4. The van der Waals surface area contributed by atoms with E-state index in [1.54, 1.807) is 0 Å². The normalized spacial score (nSPS) is 15.4. The highest BCUT2D eigenvalue weighted by atomic mass is 35.8. The quantitative estimate of drug-likeness (QED) is 0.348. The molecule has 0 atom stereocenters. The molecule has 0 unspecified atom stereocenters. The Morgan fingerprint density at radius 3 is 1.36 bits per heavy atom. The first-order valence-corrected chi connectivity index (χ1v) is 13.3. The van der Waals surface area contributed by atoms with Crippen LogP contribution in [0.25, 0.3) is 0 Å². The molecule has 0 radical (unpaired) electrons. The second-order valence-corrected chi connectivity index (χ2v) is 17.7. The fourth-order valence-electron chi connectivity index (χ4n) is 1.24. The number of sulfone groups is 2. The third-order valence-corrected chi connectivity index (χ3v) is 9.53. The van der Waals surface area contributed by atoms with Gasteiger partial charge in [-0.25, -0.2) is 16.8 Å². The SMILES string of the molecule is O=S(=O)(C(CCC[Si](Cl)(Cl)Cl)S(=O)(=O)C(F)(F)F)C(F)(F)F. The van der Waals surface area contributed by atoms with E-state index < -0.39 is 60.2 Å². The van der Waals surface area contributed by atoms with Crippen LogP contribution in [-0.2, 0) is 19.7 Å². The van der Waals surface area contributed by atoms with Gasteiger partial charge in [0.1, 0.15) is 0 Å². The third kappa shape index (κ3) is 5.58. The van der Waals surface area contributed by atoms with Crippen molar-refractivity contribution in [3.63, 3.8) is 0 Å². The molecule has 0 aromatic heterocycles. The van der Waals surface area contributed by atoms with Crippen LogP contribution in [-0.4, -0.2) is 38.4 Å². The van der Waals surface area contributed by atoms with E-state index in [-0.39, 0.29) is 0 Å². The van der Waals surface area contributed by atoms with Gasteiger partial charge in [0.05, 0.1) is 0 Å². The van der Waals surface area contributed by atoms with Gasteiger partial charge < -0.3 is 0 Å². The smallest absolute Gasteiger partial charge is 0.218 e. The highest BCUT2D eigenvalue weighted by Crippen LogP contribution is 2.39. The molecule has 0 amide bonds. The first kappa shape index (κ1) is 22.6. The minimum Gasteiger partial charge on any atom is -0.218 e.